The van der Waals surface area contributed by atoms with Gasteiger partial charge in [-0.15, -0.1) is 11.3 Å². The van der Waals surface area contributed by atoms with E-state index in [9.17, 15) is 5.11 Å². The number of halogens is 1. The zero-order valence-corrected chi connectivity index (χ0v) is 11.2. The third kappa shape index (κ3) is 2.53. The zero-order chi connectivity index (χ0) is 13.1. The van der Waals surface area contributed by atoms with Crippen molar-refractivity contribution in [3.63, 3.8) is 0 Å². The Balaban J connectivity index is 2.38. The molecule has 96 valence electrons. The van der Waals surface area contributed by atoms with Crippen LogP contribution in [-0.2, 0) is 0 Å². The first-order valence-corrected chi connectivity index (χ1v) is 6.09. The van der Waals surface area contributed by atoms with Crippen LogP contribution < -0.4 is 9.47 Å². The zero-order valence-electron chi connectivity index (χ0n) is 9.62. The topological polar surface area (TPSA) is 77.4 Å². The van der Waals surface area contributed by atoms with Gasteiger partial charge in [-0.25, -0.2) is 9.97 Å². The average molecular weight is 288 g/mol. The monoisotopic (exact) mass is 287 g/mol. The molecular weight excluding hydrogens is 278 g/mol. The van der Waals surface area contributed by atoms with Gasteiger partial charge in [0, 0.05) is 0 Å². The van der Waals surface area contributed by atoms with Gasteiger partial charge in [-0.1, -0.05) is 11.6 Å². The number of thiazole rings is 1. The fraction of sp³-hybridized carbons (Fsp3) is 0.300. The molecule has 0 radical (unpaired) electrons. The van der Waals surface area contributed by atoms with Crippen molar-refractivity contribution in [1.29, 1.82) is 0 Å². The maximum atomic E-state index is 10.1. The van der Waals surface area contributed by atoms with E-state index in [4.69, 9.17) is 21.1 Å². The summed E-state index contributed by atoms with van der Waals surface area (Å²) in [5.41, 5.74) is 0.268. The first-order valence-electron chi connectivity index (χ1n) is 4.90. The second kappa shape index (κ2) is 5.47. The first kappa shape index (κ1) is 13.0. The van der Waals surface area contributed by atoms with Crippen LogP contribution in [0.2, 0.25) is 4.34 Å². The van der Waals surface area contributed by atoms with Gasteiger partial charge in [-0.3, -0.25) is 0 Å². The lowest BCUT2D eigenvalue weighted by molar-refractivity contribution is 0.206. The number of ether oxygens (including phenoxy) is 2. The summed E-state index contributed by atoms with van der Waals surface area (Å²) in [5.74, 6) is 0.494. The lowest BCUT2D eigenvalue weighted by Gasteiger charge is -2.11. The Hall–Kier alpha value is -1.44. The number of hydrogen-bond acceptors (Lipinski definition) is 7. The summed E-state index contributed by atoms with van der Waals surface area (Å²) in [7, 11) is 2.91. The van der Waals surface area contributed by atoms with Crippen molar-refractivity contribution >= 4 is 22.9 Å². The molecule has 1 unspecified atom stereocenters. The lowest BCUT2D eigenvalue weighted by atomic mass is 10.2. The van der Waals surface area contributed by atoms with E-state index in [0.29, 0.717) is 15.2 Å². The van der Waals surface area contributed by atoms with Crippen molar-refractivity contribution in [3.8, 4) is 11.8 Å². The summed E-state index contributed by atoms with van der Waals surface area (Å²) in [6.45, 7) is 0. The predicted molar refractivity (Wildman–Crippen MR) is 66.3 cm³/mol. The minimum Gasteiger partial charge on any atom is -0.480 e. The quantitative estimate of drug-likeness (QED) is 0.922. The predicted octanol–water partition coefficient (Wildman–Crippen LogP) is 1.69. The highest BCUT2D eigenvalue weighted by Gasteiger charge is 2.22. The van der Waals surface area contributed by atoms with E-state index in [1.807, 2.05) is 0 Å². The van der Waals surface area contributed by atoms with Crippen LogP contribution in [0.15, 0.2) is 12.4 Å². The summed E-state index contributed by atoms with van der Waals surface area (Å²) < 4.78 is 10.5. The maximum Gasteiger partial charge on any atom is 0.241 e. The molecule has 0 saturated heterocycles. The third-order valence-corrected chi connectivity index (χ3v) is 3.30. The van der Waals surface area contributed by atoms with Crippen molar-refractivity contribution in [3.05, 3.63) is 27.4 Å². The standard InChI is InChI=1S/C10H10ClN3O3S/c1-16-6-4-12-7(9(14-6)17-2)8(15)10-13-3-5(11)18-10/h3-4,8,15H,1-2H3. The fourth-order valence-electron chi connectivity index (χ4n) is 1.31. The van der Waals surface area contributed by atoms with E-state index >= 15 is 0 Å². The van der Waals surface area contributed by atoms with Gasteiger partial charge in [0.2, 0.25) is 11.8 Å². The Bertz CT molecular complexity index is 549. The SMILES string of the molecule is COc1cnc(C(O)c2ncc(Cl)s2)c(OC)n1. The van der Waals surface area contributed by atoms with Gasteiger partial charge in [-0.05, 0) is 0 Å². The van der Waals surface area contributed by atoms with E-state index in [2.05, 4.69) is 15.0 Å². The van der Waals surface area contributed by atoms with E-state index in [1.54, 1.807) is 0 Å². The molecule has 0 aliphatic rings. The Labute approximate surface area is 112 Å². The molecule has 2 heterocycles. The summed E-state index contributed by atoms with van der Waals surface area (Å²) in [5, 5.41) is 10.6. The molecule has 0 bridgehead atoms. The molecule has 2 aromatic heterocycles. The molecule has 0 amide bonds. The number of rotatable bonds is 4. The van der Waals surface area contributed by atoms with Gasteiger partial charge in [0.1, 0.15) is 15.0 Å². The van der Waals surface area contributed by atoms with Gasteiger partial charge >= 0.3 is 0 Å². The van der Waals surface area contributed by atoms with Crippen LogP contribution in [0.1, 0.15) is 16.8 Å². The fourth-order valence-corrected chi connectivity index (χ4v) is 2.23. The van der Waals surface area contributed by atoms with Crippen molar-refractivity contribution in [1.82, 2.24) is 15.0 Å². The molecule has 18 heavy (non-hydrogen) atoms. The summed E-state index contributed by atoms with van der Waals surface area (Å²) in [6.07, 6.45) is 1.83. The maximum absolute atomic E-state index is 10.1. The number of aliphatic hydroxyl groups is 1. The van der Waals surface area contributed by atoms with Gasteiger partial charge in [0.25, 0.3) is 0 Å². The Morgan fingerprint density at radius 2 is 2.06 bits per heavy atom. The van der Waals surface area contributed by atoms with Crippen molar-refractivity contribution in [2.24, 2.45) is 0 Å². The van der Waals surface area contributed by atoms with Crippen LogP contribution in [0.3, 0.4) is 0 Å². The third-order valence-electron chi connectivity index (χ3n) is 2.14. The minimum atomic E-state index is -1.03. The molecule has 8 heteroatoms. The van der Waals surface area contributed by atoms with Crippen molar-refractivity contribution in [2.75, 3.05) is 14.2 Å². The molecule has 0 fully saturated rings. The number of nitrogens with zero attached hydrogens (tertiary/aromatic N) is 3. The van der Waals surface area contributed by atoms with Gasteiger partial charge in [-0.2, -0.15) is 4.98 Å². The molecule has 1 N–H and O–H groups in total. The molecule has 0 aromatic carbocycles. The molecule has 6 nitrogen and oxygen atoms in total. The van der Waals surface area contributed by atoms with E-state index < -0.39 is 6.10 Å². The van der Waals surface area contributed by atoms with E-state index in [1.165, 1.54) is 38.0 Å². The summed E-state index contributed by atoms with van der Waals surface area (Å²) >= 11 is 6.94. The second-order valence-electron chi connectivity index (χ2n) is 3.21. The molecule has 2 aromatic rings. The van der Waals surface area contributed by atoms with E-state index in [-0.39, 0.29) is 11.6 Å². The van der Waals surface area contributed by atoms with Gasteiger partial charge < -0.3 is 14.6 Å². The van der Waals surface area contributed by atoms with Crippen LogP contribution in [0.25, 0.3) is 0 Å². The Morgan fingerprint density at radius 1 is 1.28 bits per heavy atom. The molecule has 0 aliphatic heterocycles. The first-order chi connectivity index (χ1) is 8.65. The highest BCUT2D eigenvalue weighted by molar-refractivity contribution is 7.15. The van der Waals surface area contributed by atoms with Crippen LogP contribution in [0.4, 0.5) is 0 Å². The van der Waals surface area contributed by atoms with E-state index in [0.717, 1.165) is 0 Å². The molecule has 0 spiro atoms. The number of hydrogen-bond donors (Lipinski definition) is 1. The highest BCUT2D eigenvalue weighted by Crippen LogP contribution is 2.31. The van der Waals surface area contributed by atoms with Crippen LogP contribution in [-0.4, -0.2) is 34.3 Å². The van der Waals surface area contributed by atoms with Gasteiger partial charge in [0.05, 0.1) is 26.6 Å². The normalized spacial score (nSPS) is 12.2. The van der Waals surface area contributed by atoms with Crippen molar-refractivity contribution < 1.29 is 14.6 Å². The largest absolute Gasteiger partial charge is 0.480 e. The molecular formula is C10H10ClN3O3S. The summed E-state index contributed by atoms with van der Waals surface area (Å²) in [4.78, 5) is 12.1. The van der Waals surface area contributed by atoms with Crippen LogP contribution >= 0.6 is 22.9 Å². The smallest absolute Gasteiger partial charge is 0.241 e. The molecule has 2 rings (SSSR count). The van der Waals surface area contributed by atoms with Crippen LogP contribution in [0, 0.1) is 0 Å². The lowest BCUT2D eigenvalue weighted by Crippen LogP contribution is -2.07. The Kier molecular flexibility index (Phi) is 3.95. The van der Waals surface area contributed by atoms with Gasteiger partial charge in [0.15, 0.2) is 6.10 Å². The number of methoxy groups -OCH3 is 2. The number of aromatic nitrogens is 3. The molecule has 0 aliphatic carbocycles. The minimum absolute atomic E-state index is 0.188. The summed E-state index contributed by atoms with van der Waals surface area (Å²) in [6, 6.07) is 0. The van der Waals surface area contributed by atoms with Crippen LogP contribution in [0.5, 0.6) is 11.8 Å². The molecule has 0 saturated carbocycles. The van der Waals surface area contributed by atoms with Crippen molar-refractivity contribution in [2.45, 2.75) is 6.10 Å². The highest BCUT2D eigenvalue weighted by atomic mass is 35.5. The Morgan fingerprint density at radius 3 is 2.61 bits per heavy atom. The second-order valence-corrected chi connectivity index (χ2v) is 4.91. The average Bonchev–Trinajstić information content (AvgIpc) is 2.83. The number of aliphatic hydroxyl groups excluding tert-OH is 1. The molecule has 1 atom stereocenters.